The number of nitrogens with two attached hydrogens (primary N) is 1. The Hall–Kier alpha value is -1.14. The van der Waals surface area contributed by atoms with Crippen molar-refractivity contribution in [3.63, 3.8) is 0 Å². The Morgan fingerprint density at radius 1 is 1.63 bits per heavy atom. The van der Waals surface area contributed by atoms with E-state index in [0.717, 1.165) is 24.3 Å². The van der Waals surface area contributed by atoms with Gasteiger partial charge in [0.2, 0.25) is 5.91 Å². The third-order valence-electron chi connectivity index (χ3n) is 3.35. The molecule has 19 heavy (non-hydrogen) atoms. The van der Waals surface area contributed by atoms with Gasteiger partial charge < -0.3 is 11.1 Å². The number of thioether (sulfide) groups is 1. The minimum absolute atomic E-state index is 0.244. The highest BCUT2D eigenvalue weighted by atomic mass is 32.2. The van der Waals surface area contributed by atoms with Crippen molar-refractivity contribution < 1.29 is 4.79 Å². The number of amides is 1. The van der Waals surface area contributed by atoms with Gasteiger partial charge >= 0.3 is 0 Å². The predicted molar refractivity (Wildman–Crippen MR) is 75.7 cm³/mol. The fourth-order valence-electron chi connectivity index (χ4n) is 2.60. The molecule has 1 saturated carbocycles. The van der Waals surface area contributed by atoms with E-state index in [2.05, 4.69) is 15.3 Å². The van der Waals surface area contributed by atoms with E-state index in [9.17, 15) is 4.79 Å². The van der Waals surface area contributed by atoms with Gasteiger partial charge in [0.25, 0.3) is 0 Å². The van der Waals surface area contributed by atoms with E-state index in [1.807, 2.05) is 19.9 Å². The van der Waals surface area contributed by atoms with Gasteiger partial charge in [-0.2, -0.15) is 0 Å². The number of rotatable bonds is 5. The maximum atomic E-state index is 11.8. The molecule has 2 atom stereocenters. The molecule has 0 spiro atoms. The fourth-order valence-corrected chi connectivity index (χ4v) is 3.79. The number of carbonyl (C=O) groups is 1. The molecule has 2 unspecified atom stereocenters. The van der Waals surface area contributed by atoms with Gasteiger partial charge in [-0.25, -0.2) is 9.97 Å². The Morgan fingerprint density at radius 3 is 3.00 bits per heavy atom. The predicted octanol–water partition coefficient (Wildman–Crippen LogP) is 1.34. The maximum Gasteiger partial charge on any atom is 0.237 e. The number of carbonyl (C=O) groups excluding carboxylic acids is 1. The van der Waals surface area contributed by atoms with Crippen LogP contribution in [0.2, 0.25) is 0 Å². The SMILES string of the molecule is CC(C)NC1(C(N)=O)CCC(Sc2ccncn2)C1. The summed E-state index contributed by atoms with van der Waals surface area (Å²) in [5.74, 6) is -0.244. The lowest BCUT2D eigenvalue weighted by atomic mass is 9.96. The second kappa shape index (κ2) is 5.88. The first-order valence-corrected chi connectivity index (χ1v) is 7.40. The quantitative estimate of drug-likeness (QED) is 0.796. The summed E-state index contributed by atoms with van der Waals surface area (Å²) in [6.45, 7) is 4.07. The average Bonchev–Trinajstić information content (AvgIpc) is 2.74. The highest BCUT2D eigenvalue weighted by Gasteiger charge is 2.44. The maximum absolute atomic E-state index is 11.8. The second-order valence-corrected chi connectivity index (χ2v) is 6.60. The van der Waals surface area contributed by atoms with Crippen LogP contribution in [-0.2, 0) is 4.79 Å². The molecule has 0 radical (unpaired) electrons. The molecule has 104 valence electrons. The van der Waals surface area contributed by atoms with Gasteiger partial charge in [0, 0.05) is 17.5 Å². The van der Waals surface area contributed by atoms with E-state index in [4.69, 9.17) is 5.73 Å². The topological polar surface area (TPSA) is 80.9 Å². The van der Waals surface area contributed by atoms with Gasteiger partial charge in [-0.15, -0.1) is 11.8 Å². The molecular formula is C13H20N4OS. The van der Waals surface area contributed by atoms with Gasteiger partial charge in [0.1, 0.15) is 6.33 Å². The number of aromatic nitrogens is 2. The van der Waals surface area contributed by atoms with Crippen molar-refractivity contribution >= 4 is 17.7 Å². The lowest BCUT2D eigenvalue weighted by Gasteiger charge is -2.29. The van der Waals surface area contributed by atoms with Crippen molar-refractivity contribution in [3.8, 4) is 0 Å². The van der Waals surface area contributed by atoms with E-state index < -0.39 is 5.54 Å². The molecule has 1 fully saturated rings. The molecule has 1 aromatic heterocycles. The Bertz CT molecular complexity index is 440. The van der Waals surface area contributed by atoms with Crippen LogP contribution in [0.25, 0.3) is 0 Å². The first-order chi connectivity index (χ1) is 9.02. The zero-order valence-corrected chi connectivity index (χ0v) is 12.1. The van der Waals surface area contributed by atoms with Crippen LogP contribution < -0.4 is 11.1 Å². The number of nitrogens with zero attached hydrogens (tertiary/aromatic N) is 2. The number of hydrogen-bond acceptors (Lipinski definition) is 5. The number of hydrogen-bond donors (Lipinski definition) is 2. The van der Waals surface area contributed by atoms with E-state index in [1.165, 1.54) is 0 Å². The van der Waals surface area contributed by atoms with E-state index >= 15 is 0 Å². The molecule has 5 nitrogen and oxygen atoms in total. The van der Waals surface area contributed by atoms with Crippen molar-refractivity contribution in [1.82, 2.24) is 15.3 Å². The Labute approximate surface area is 117 Å². The van der Waals surface area contributed by atoms with Crippen LogP contribution in [0.3, 0.4) is 0 Å². The molecule has 0 aromatic carbocycles. The Morgan fingerprint density at radius 2 is 2.42 bits per heavy atom. The molecule has 6 heteroatoms. The summed E-state index contributed by atoms with van der Waals surface area (Å²) >= 11 is 1.70. The van der Waals surface area contributed by atoms with Crippen molar-refractivity contribution in [2.45, 2.75) is 55.0 Å². The molecular weight excluding hydrogens is 260 g/mol. The van der Waals surface area contributed by atoms with Crippen LogP contribution >= 0.6 is 11.8 Å². The first kappa shape index (κ1) is 14.3. The molecule has 2 rings (SSSR count). The Balaban J connectivity index is 2.03. The average molecular weight is 280 g/mol. The summed E-state index contributed by atoms with van der Waals surface area (Å²) < 4.78 is 0. The lowest BCUT2D eigenvalue weighted by Crippen LogP contribution is -2.56. The lowest BCUT2D eigenvalue weighted by molar-refractivity contribution is -0.124. The van der Waals surface area contributed by atoms with Crippen molar-refractivity contribution in [3.05, 3.63) is 18.6 Å². The minimum Gasteiger partial charge on any atom is -0.368 e. The summed E-state index contributed by atoms with van der Waals surface area (Å²) in [7, 11) is 0. The van der Waals surface area contributed by atoms with Crippen molar-refractivity contribution in [2.24, 2.45) is 5.73 Å². The van der Waals surface area contributed by atoms with Gasteiger partial charge in [-0.3, -0.25) is 4.79 Å². The van der Waals surface area contributed by atoms with Gasteiger partial charge in [0.05, 0.1) is 10.6 Å². The first-order valence-electron chi connectivity index (χ1n) is 6.52. The summed E-state index contributed by atoms with van der Waals surface area (Å²) in [6, 6.07) is 2.14. The Kier molecular flexibility index (Phi) is 4.42. The van der Waals surface area contributed by atoms with Gasteiger partial charge in [-0.1, -0.05) is 0 Å². The van der Waals surface area contributed by atoms with Crippen LogP contribution in [0.5, 0.6) is 0 Å². The zero-order valence-electron chi connectivity index (χ0n) is 11.3. The number of primary amides is 1. The molecule has 1 amide bonds. The van der Waals surface area contributed by atoms with Crippen molar-refractivity contribution in [2.75, 3.05) is 0 Å². The summed E-state index contributed by atoms with van der Waals surface area (Å²) in [5, 5.41) is 4.67. The molecule has 0 aliphatic heterocycles. The van der Waals surface area contributed by atoms with Crippen LogP contribution in [-0.4, -0.2) is 32.7 Å². The molecule has 3 N–H and O–H groups in total. The highest BCUT2D eigenvalue weighted by molar-refractivity contribution is 7.99. The van der Waals surface area contributed by atoms with E-state index in [0.29, 0.717) is 5.25 Å². The molecule has 1 aliphatic rings. The van der Waals surface area contributed by atoms with E-state index in [1.54, 1.807) is 24.3 Å². The molecule has 1 heterocycles. The largest absolute Gasteiger partial charge is 0.368 e. The summed E-state index contributed by atoms with van der Waals surface area (Å²) in [5.41, 5.74) is 5.04. The van der Waals surface area contributed by atoms with Gasteiger partial charge in [0.15, 0.2) is 0 Å². The normalized spacial score (nSPS) is 26.8. The molecule has 1 aliphatic carbocycles. The summed E-state index contributed by atoms with van der Waals surface area (Å²) in [6.07, 6.45) is 5.80. The van der Waals surface area contributed by atoms with Gasteiger partial charge in [-0.05, 0) is 39.2 Å². The monoisotopic (exact) mass is 280 g/mol. The minimum atomic E-state index is -0.557. The second-order valence-electron chi connectivity index (χ2n) is 5.28. The number of nitrogens with one attached hydrogen (secondary N) is 1. The zero-order chi connectivity index (χ0) is 13.9. The standard InChI is InChI=1S/C13H20N4OS/c1-9(2)17-13(12(14)18)5-3-10(7-13)19-11-4-6-15-8-16-11/h4,6,8-10,17H,3,5,7H2,1-2H3,(H2,14,18). The third-order valence-corrected chi connectivity index (χ3v) is 4.57. The smallest absolute Gasteiger partial charge is 0.237 e. The van der Waals surface area contributed by atoms with Crippen LogP contribution in [0.4, 0.5) is 0 Å². The van der Waals surface area contributed by atoms with Crippen LogP contribution in [0, 0.1) is 0 Å². The molecule has 1 aromatic rings. The molecule has 0 bridgehead atoms. The summed E-state index contributed by atoms with van der Waals surface area (Å²) in [4.78, 5) is 19.9. The van der Waals surface area contributed by atoms with E-state index in [-0.39, 0.29) is 11.9 Å². The fraction of sp³-hybridized carbons (Fsp3) is 0.615. The van der Waals surface area contributed by atoms with Crippen molar-refractivity contribution in [1.29, 1.82) is 0 Å². The van der Waals surface area contributed by atoms with Crippen LogP contribution in [0.1, 0.15) is 33.1 Å². The van der Waals surface area contributed by atoms with Crippen LogP contribution in [0.15, 0.2) is 23.6 Å². The third kappa shape index (κ3) is 3.45. The highest BCUT2D eigenvalue weighted by Crippen LogP contribution is 2.39. The molecule has 0 saturated heterocycles.